The lowest BCUT2D eigenvalue weighted by atomic mass is 9.93. The van der Waals surface area contributed by atoms with E-state index < -0.39 is 0 Å². The summed E-state index contributed by atoms with van der Waals surface area (Å²) >= 11 is 3.42. The summed E-state index contributed by atoms with van der Waals surface area (Å²) in [7, 11) is 0. The topological polar surface area (TPSA) is 26.3 Å². The van der Waals surface area contributed by atoms with Crippen LogP contribution >= 0.6 is 15.9 Å². The Kier molecular flexibility index (Phi) is 3.38. The minimum atomic E-state index is -0.190. The number of halogens is 1. The van der Waals surface area contributed by atoms with E-state index >= 15 is 0 Å². The summed E-state index contributed by atoms with van der Waals surface area (Å²) in [6.07, 6.45) is 0.211. The van der Waals surface area contributed by atoms with Gasteiger partial charge in [0.1, 0.15) is 11.9 Å². The molecule has 0 spiro atoms. The molecule has 0 aromatic heterocycles. The van der Waals surface area contributed by atoms with E-state index in [-0.39, 0.29) is 11.9 Å². The number of fused-ring (bicyclic) bond motifs is 1. The van der Waals surface area contributed by atoms with Gasteiger partial charge in [-0.25, -0.2) is 0 Å². The van der Waals surface area contributed by atoms with E-state index in [1.54, 1.807) is 0 Å². The monoisotopic (exact) mass is 330 g/mol. The molecule has 2 aromatic rings. The van der Waals surface area contributed by atoms with Gasteiger partial charge in [0.2, 0.25) is 0 Å². The molecule has 0 fully saturated rings. The molecule has 102 valence electrons. The van der Waals surface area contributed by atoms with Crippen LogP contribution < -0.4 is 4.74 Å². The first-order valence-corrected chi connectivity index (χ1v) is 7.40. The van der Waals surface area contributed by atoms with Gasteiger partial charge >= 0.3 is 0 Å². The zero-order valence-corrected chi connectivity index (χ0v) is 13.0. The first-order chi connectivity index (χ1) is 9.54. The predicted molar refractivity (Wildman–Crippen MR) is 82.4 cm³/mol. The minimum Gasteiger partial charge on any atom is -0.484 e. The fourth-order valence-electron chi connectivity index (χ4n) is 2.66. The minimum absolute atomic E-state index is 0.142. The molecule has 0 amide bonds. The fraction of sp³-hybridized carbons (Fsp3) is 0.235. The molecular formula is C17H15BrO2. The van der Waals surface area contributed by atoms with Crippen LogP contribution in [0.4, 0.5) is 0 Å². The van der Waals surface area contributed by atoms with E-state index in [0.717, 1.165) is 10.0 Å². The number of rotatable bonds is 1. The van der Waals surface area contributed by atoms with Crippen LogP contribution in [0.5, 0.6) is 5.75 Å². The Balaban J connectivity index is 2.00. The zero-order chi connectivity index (χ0) is 14.3. The second-order valence-electron chi connectivity index (χ2n) is 5.23. The third-order valence-electron chi connectivity index (χ3n) is 3.66. The number of carbonyl (C=O) groups is 1. The van der Waals surface area contributed by atoms with Crippen LogP contribution in [0, 0.1) is 13.8 Å². The van der Waals surface area contributed by atoms with Crippen molar-refractivity contribution in [1.29, 1.82) is 0 Å². The van der Waals surface area contributed by atoms with E-state index in [1.165, 1.54) is 11.1 Å². The molecule has 0 radical (unpaired) electrons. The van der Waals surface area contributed by atoms with Crippen molar-refractivity contribution in [1.82, 2.24) is 0 Å². The molecule has 1 heterocycles. The van der Waals surface area contributed by atoms with Crippen LogP contribution in [-0.4, -0.2) is 5.78 Å². The third-order valence-corrected chi connectivity index (χ3v) is 4.15. The third kappa shape index (κ3) is 2.38. The highest BCUT2D eigenvalue weighted by atomic mass is 79.9. The lowest BCUT2D eigenvalue weighted by Crippen LogP contribution is -2.21. The molecule has 3 heteroatoms. The van der Waals surface area contributed by atoms with Crippen LogP contribution in [0.1, 0.15) is 39.6 Å². The van der Waals surface area contributed by atoms with Crippen molar-refractivity contribution in [3.8, 4) is 5.75 Å². The molecule has 0 aliphatic carbocycles. The quantitative estimate of drug-likeness (QED) is 0.752. The normalized spacial score (nSPS) is 17.6. The smallest absolute Gasteiger partial charge is 0.170 e. The Morgan fingerprint density at radius 2 is 1.95 bits per heavy atom. The summed E-state index contributed by atoms with van der Waals surface area (Å²) in [6.45, 7) is 4.13. The SMILES string of the molecule is Cc1ccc(C2CC(=O)c3ccc(Br)cc3O2)c(C)c1. The molecule has 0 N–H and O–H groups in total. The molecule has 20 heavy (non-hydrogen) atoms. The molecule has 0 bridgehead atoms. The number of hydrogen-bond acceptors (Lipinski definition) is 2. The van der Waals surface area contributed by atoms with Gasteiger partial charge < -0.3 is 4.74 Å². The van der Waals surface area contributed by atoms with Crippen molar-refractivity contribution in [3.05, 3.63) is 63.1 Å². The van der Waals surface area contributed by atoms with Gasteiger partial charge in [0.15, 0.2) is 5.78 Å². The molecule has 1 aliphatic heterocycles. The maximum atomic E-state index is 12.3. The molecule has 2 nitrogen and oxygen atoms in total. The first kappa shape index (κ1) is 13.4. The average Bonchev–Trinajstić information content (AvgIpc) is 2.37. The molecule has 1 aliphatic rings. The number of hydrogen-bond donors (Lipinski definition) is 0. The van der Waals surface area contributed by atoms with Crippen molar-refractivity contribution >= 4 is 21.7 Å². The fourth-order valence-corrected chi connectivity index (χ4v) is 3.00. The highest BCUT2D eigenvalue weighted by Crippen LogP contribution is 2.37. The zero-order valence-electron chi connectivity index (χ0n) is 11.4. The van der Waals surface area contributed by atoms with Crippen molar-refractivity contribution in [2.75, 3.05) is 0 Å². The number of benzene rings is 2. The van der Waals surface area contributed by atoms with Gasteiger partial charge in [0, 0.05) is 4.47 Å². The van der Waals surface area contributed by atoms with Crippen molar-refractivity contribution in [3.63, 3.8) is 0 Å². The Labute approximate surface area is 126 Å². The van der Waals surface area contributed by atoms with E-state index in [1.807, 2.05) is 18.2 Å². The summed E-state index contributed by atoms with van der Waals surface area (Å²) in [5.41, 5.74) is 4.15. The lowest BCUT2D eigenvalue weighted by Gasteiger charge is -2.27. The van der Waals surface area contributed by atoms with Crippen LogP contribution in [0.25, 0.3) is 0 Å². The maximum Gasteiger partial charge on any atom is 0.170 e. The molecule has 1 unspecified atom stereocenters. The molecule has 0 saturated heterocycles. The second-order valence-corrected chi connectivity index (χ2v) is 6.15. The summed E-state index contributed by atoms with van der Waals surface area (Å²) in [5, 5.41) is 0. The van der Waals surface area contributed by atoms with Crippen LogP contribution in [0.2, 0.25) is 0 Å². The summed E-state index contributed by atoms with van der Waals surface area (Å²) < 4.78 is 6.96. The maximum absolute atomic E-state index is 12.3. The van der Waals surface area contributed by atoms with E-state index in [4.69, 9.17) is 4.74 Å². The average molecular weight is 331 g/mol. The van der Waals surface area contributed by atoms with Gasteiger partial charge in [-0.05, 0) is 43.2 Å². The highest BCUT2D eigenvalue weighted by Gasteiger charge is 2.28. The van der Waals surface area contributed by atoms with Gasteiger partial charge in [-0.2, -0.15) is 0 Å². The number of Topliss-reactive ketones (excluding diaryl/α,β-unsaturated/α-hetero) is 1. The van der Waals surface area contributed by atoms with Gasteiger partial charge in [0.05, 0.1) is 12.0 Å². The largest absolute Gasteiger partial charge is 0.484 e. The number of ether oxygens (including phenoxy) is 1. The van der Waals surface area contributed by atoms with E-state index in [9.17, 15) is 4.79 Å². The number of carbonyl (C=O) groups excluding carboxylic acids is 1. The molecule has 0 saturated carbocycles. The molecule has 1 atom stereocenters. The number of ketones is 1. The standard InChI is InChI=1S/C17H15BrO2/c1-10-3-5-13(11(2)7-10)17-9-15(19)14-6-4-12(18)8-16(14)20-17/h3-8,17H,9H2,1-2H3. The van der Waals surface area contributed by atoms with E-state index in [2.05, 4.69) is 48.0 Å². The summed E-state index contributed by atoms with van der Waals surface area (Å²) in [6, 6.07) is 11.8. The number of aryl methyl sites for hydroxylation is 2. The van der Waals surface area contributed by atoms with Crippen molar-refractivity contribution in [2.24, 2.45) is 0 Å². The van der Waals surface area contributed by atoms with E-state index in [0.29, 0.717) is 17.7 Å². The lowest BCUT2D eigenvalue weighted by molar-refractivity contribution is 0.0849. The highest BCUT2D eigenvalue weighted by molar-refractivity contribution is 9.10. The van der Waals surface area contributed by atoms with Gasteiger partial charge in [-0.1, -0.05) is 39.7 Å². The Bertz CT molecular complexity index is 691. The Morgan fingerprint density at radius 3 is 2.70 bits per heavy atom. The Morgan fingerprint density at radius 1 is 1.15 bits per heavy atom. The summed E-state index contributed by atoms with van der Waals surface area (Å²) in [5.74, 6) is 0.810. The predicted octanol–water partition coefficient (Wildman–Crippen LogP) is 4.77. The second kappa shape index (κ2) is 5.06. The molecule has 2 aromatic carbocycles. The molecular weight excluding hydrogens is 316 g/mol. The van der Waals surface area contributed by atoms with Gasteiger partial charge in [-0.15, -0.1) is 0 Å². The van der Waals surface area contributed by atoms with Gasteiger partial charge in [-0.3, -0.25) is 4.79 Å². The van der Waals surface area contributed by atoms with Crippen molar-refractivity contribution < 1.29 is 9.53 Å². The van der Waals surface area contributed by atoms with Crippen LogP contribution in [0.3, 0.4) is 0 Å². The summed E-state index contributed by atoms with van der Waals surface area (Å²) in [4.78, 5) is 12.3. The first-order valence-electron chi connectivity index (χ1n) is 6.61. The van der Waals surface area contributed by atoms with Gasteiger partial charge in [0.25, 0.3) is 0 Å². The molecule has 3 rings (SSSR count). The Hall–Kier alpha value is -1.61. The van der Waals surface area contributed by atoms with Crippen LogP contribution in [0.15, 0.2) is 40.9 Å². The van der Waals surface area contributed by atoms with Crippen LogP contribution in [-0.2, 0) is 0 Å². The van der Waals surface area contributed by atoms with Crippen molar-refractivity contribution in [2.45, 2.75) is 26.4 Å².